The smallest absolute Gasteiger partial charge is 0.254 e. The van der Waals surface area contributed by atoms with Crippen molar-refractivity contribution in [3.8, 4) is 0 Å². The summed E-state index contributed by atoms with van der Waals surface area (Å²) in [5, 5.41) is 6.97. The largest absolute Gasteiger partial charge is 0.362 e. The molecule has 1 fully saturated rings. The Morgan fingerprint density at radius 3 is 2.51 bits per heavy atom. The first-order chi connectivity index (χ1) is 16.8. The highest BCUT2D eigenvalue weighted by Crippen LogP contribution is 2.30. The Morgan fingerprint density at radius 1 is 1.06 bits per heavy atom. The number of aromatic nitrogens is 3. The minimum Gasteiger partial charge on any atom is -0.362 e. The van der Waals surface area contributed by atoms with Crippen LogP contribution < -0.4 is 15.5 Å². The number of carbonyl (C=O) groups is 1. The number of carbonyl (C=O) groups excluding carboxylic acids is 1. The van der Waals surface area contributed by atoms with E-state index in [4.69, 9.17) is 0 Å². The second-order valence-electron chi connectivity index (χ2n) is 8.80. The number of anilines is 2. The minimum atomic E-state index is -0.934. The normalized spacial score (nSPS) is 17.6. The fourth-order valence-corrected chi connectivity index (χ4v) is 4.99. The Hall–Kier alpha value is -3.27. The second kappa shape index (κ2) is 11.0. The van der Waals surface area contributed by atoms with E-state index in [1.54, 1.807) is 18.3 Å². The summed E-state index contributed by atoms with van der Waals surface area (Å²) in [6.07, 6.45) is 6.79. The molecule has 7 nitrogen and oxygen atoms in total. The maximum atomic E-state index is 13.6. The van der Waals surface area contributed by atoms with E-state index >= 15 is 0 Å². The summed E-state index contributed by atoms with van der Waals surface area (Å²) in [6, 6.07) is 7.28. The van der Waals surface area contributed by atoms with Crippen LogP contribution in [0, 0.1) is 18.6 Å². The molecule has 1 aromatic carbocycles. The molecule has 3 aromatic rings. The van der Waals surface area contributed by atoms with Crippen LogP contribution in [0.3, 0.4) is 0 Å². The van der Waals surface area contributed by atoms with Gasteiger partial charge in [-0.1, -0.05) is 11.8 Å². The predicted molar refractivity (Wildman–Crippen MR) is 133 cm³/mol. The van der Waals surface area contributed by atoms with E-state index < -0.39 is 11.6 Å². The van der Waals surface area contributed by atoms with Gasteiger partial charge in [0.25, 0.3) is 5.91 Å². The van der Waals surface area contributed by atoms with E-state index in [0.29, 0.717) is 21.4 Å². The number of nitrogens with one attached hydrogen (secondary N) is 2. The molecule has 35 heavy (non-hydrogen) atoms. The standard InChI is InChI=1S/C25H28F2N6OS/c1-15-14-29-25(32-22(15)33(2)3)31-17-8-6-16(7-9-17)30-23(34)19-5-4-12-28-24(19)35-18-10-11-20(26)21(27)13-18/h4-5,10-14,16-17H,6-9H2,1-3H3,(H,30,34)(H,29,31,32)/t16-,17+. The molecule has 184 valence electrons. The molecule has 1 aliphatic carbocycles. The van der Waals surface area contributed by atoms with Crippen molar-refractivity contribution in [2.24, 2.45) is 0 Å². The SMILES string of the molecule is Cc1cnc(N[C@H]2CC[C@@H](NC(=O)c3cccnc3Sc3ccc(F)c(F)c3)CC2)nc1N(C)C. The Kier molecular flexibility index (Phi) is 7.80. The molecule has 0 bridgehead atoms. The van der Waals surface area contributed by atoms with E-state index in [1.165, 1.54) is 6.07 Å². The summed E-state index contributed by atoms with van der Waals surface area (Å²) >= 11 is 1.13. The third kappa shape index (κ3) is 6.25. The zero-order chi connectivity index (χ0) is 24.9. The molecule has 0 spiro atoms. The van der Waals surface area contributed by atoms with Gasteiger partial charge in [-0.25, -0.2) is 18.7 Å². The molecule has 0 aliphatic heterocycles. The number of aryl methyl sites for hydroxylation is 1. The van der Waals surface area contributed by atoms with Crippen LogP contribution in [0.15, 0.2) is 52.6 Å². The highest BCUT2D eigenvalue weighted by atomic mass is 32.2. The van der Waals surface area contributed by atoms with Crippen LogP contribution >= 0.6 is 11.8 Å². The summed E-state index contributed by atoms with van der Waals surface area (Å²) in [7, 11) is 3.91. The number of benzene rings is 1. The quantitative estimate of drug-likeness (QED) is 0.483. The highest BCUT2D eigenvalue weighted by Gasteiger charge is 2.25. The van der Waals surface area contributed by atoms with Crippen molar-refractivity contribution >= 4 is 29.4 Å². The number of rotatable bonds is 7. The van der Waals surface area contributed by atoms with E-state index in [1.807, 2.05) is 32.1 Å². The average molecular weight is 499 g/mol. The predicted octanol–water partition coefficient (Wildman–Crippen LogP) is 4.83. The molecule has 2 aromatic heterocycles. The topological polar surface area (TPSA) is 83.0 Å². The lowest BCUT2D eigenvalue weighted by molar-refractivity contribution is 0.0923. The highest BCUT2D eigenvalue weighted by molar-refractivity contribution is 7.99. The second-order valence-corrected chi connectivity index (χ2v) is 9.86. The van der Waals surface area contributed by atoms with Crippen LogP contribution in [0.25, 0.3) is 0 Å². The minimum absolute atomic E-state index is 0.0399. The van der Waals surface area contributed by atoms with Crippen LogP contribution in [-0.4, -0.2) is 47.0 Å². The van der Waals surface area contributed by atoms with Crippen molar-refractivity contribution < 1.29 is 13.6 Å². The van der Waals surface area contributed by atoms with Crippen molar-refractivity contribution in [3.63, 3.8) is 0 Å². The Balaban J connectivity index is 1.34. The lowest BCUT2D eigenvalue weighted by Gasteiger charge is -2.30. The van der Waals surface area contributed by atoms with Gasteiger partial charge in [0, 0.05) is 49.0 Å². The molecule has 0 atom stereocenters. The number of pyridine rings is 1. The lowest BCUT2D eigenvalue weighted by Crippen LogP contribution is -2.40. The molecule has 2 heterocycles. The van der Waals surface area contributed by atoms with Crippen molar-refractivity contribution in [2.45, 2.75) is 54.6 Å². The lowest BCUT2D eigenvalue weighted by atomic mass is 9.91. The fourth-order valence-electron chi connectivity index (χ4n) is 4.08. The molecule has 2 N–H and O–H groups in total. The van der Waals surface area contributed by atoms with Crippen molar-refractivity contribution in [1.29, 1.82) is 0 Å². The third-order valence-corrected chi connectivity index (χ3v) is 6.89. The van der Waals surface area contributed by atoms with Crippen LogP contribution in [0.4, 0.5) is 20.5 Å². The maximum Gasteiger partial charge on any atom is 0.254 e. The summed E-state index contributed by atoms with van der Waals surface area (Å²) in [4.78, 5) is 28.7. The zero-order valence-electron chi connectivity index (χ0n) is 19.9. The summed E-state index contributed by atoms with van der Waals surface area (Å²) in [5.41, 5.74) is 1.43. The van der Waals surface area contributed by atoms with E-state index in [0.717, 1.165) is 61.0 Å². The van der Waals surface area contributed by atoms with Crippen LogP contribution in [0.5, 0.6) is 0 Å². The number of amides is 1. The fraction of sp³-hybridized carbons (Fsp3) is 0.360. The van der Waals surface area contributed by atoms with Gasteiger partial charge in [0.2, 0.25) is 5.95 Å². The zero-order valence-corrected chi connectivity index (χ0v) is 20.7. The molecule has 4 rings (SSSR count). The molecular formula is C25H28F2N6OS. The molecule has 0 unspecified atom stereocenters. The number of hydrogen-bond donors (Lipinski definition) is 2. The first-order valence-corrected chi connectivity index (χ1v) is 12.3. The van der Waals surface area contributed by atoms with Gasteiger partial charge >= 0.3 is 0 Å². The van der Waals surface area contributed by atoms with Gasteiger partial charge in [0.15, 0.2) is 11.6 Å². The van der Waals surface area contributed by atoms with Gasteiger partial charge in [0.05, 0.1) is 5.56 Å². The van der Waals surface area contributed by atoms with Crippen molar-refractivity contribution in [2.75, 3.05) is 24.3 Å². The van der Waals surface area contributed by atoms with Gasteiger partial charge in [0.1, 0.15) is 10.8 Å². The third-order valence-electron chi connectivity index (χ3n) is 5.89. The average Bonchev–Trinajstić information content (AvgIpc) is 2.84. The van der Waals surface area contributed by atoms with Gasteiger partial charge in [-0.3, -0.25) is 4.79 Å². The molecule has 1 amide bonds. The van der Waals surface area contributed by atoms with E-state index in [2.05, 4.69) is 25.6 Å². The summed E-state index contributed by atoms with van der Waals surface area (Å²) in [5.74, 6) is -0.572. The first kappa shape index (κ1) is 24.8. The van der Waals surface area contributed by atoms with Crippen LogP contribution in [-0.2, 0) is 0 Å². The molecular weight excluding hydrogens is 470 g/mol. The molecule has 0 saturated heterocycles. The Labute approximate surface area is 207 Å². The molecule has 1 saturated carbocycles. The molecule has 10 heteroatoms. The summed E-state index contributed by atoms with van der Waals surface area (Å²) in [6.45, 7) is 1.98. The van der Waals surface area contributed by atoms with Gasteiger partial charge in [-0.05, 0) is 62.9 Å². The van der Waals surface area contributed by atoms with Crippen molar-refractivity contribution in [1.82, 2.24) is 20.3 Å². The maximum absolute atomic E-state index is 13.6. The molecule has 1 aliphatic rings. The molecule has 0 radical (unpaired) electrons. The van der Waals surface area contributed by atoms with Gasteiger partial charge in [-0.2, -0.15) is 4.98 Å². The number of nitrogens with zero attached hydrogens (tertiary/aromatic N) is 4. The van der Waals surface area contributed by atoms with Crippen LogP contribution in [0.2, 0.25) is 0 Å². The van der Waals surface area contributed by atoms with Gasteiger partial charge < -0.3 is 15.5 Å². The Bertz CT molecular complexity index is 1200. The monoisotopic (exact) mass is 498 g/mol. The number of halogens is 2. The Morgan fingerprint density at radius 2 is 1.80 bits per heavy atom. The first-order valence-electron chi connectivity index (χ1n) is 11.5. The van der Waals surface area contributed by atoms with E-state index in [9.17, 15) is 13.6 Å². The van der Waals surface area contributed by atoms with Gasteiger partial charge in [-0.15, -0.1) is 0 Å². The summed E-state index contributed by atoms with van der Waals surface area (Å²) < 4.78 is 26.8. The number of hydrogen-bond acceptors (Lipinski definition) is 7. The van der Waals surface area contributed by atoms with Crippen molar-refractivity contribution in [3.05, 3.63) is 65.5 Å². The van der Waals surface area contributed by atoms with Crippen LogP contribution in [0.1, 0.15) is 41.6 Å². The van der Waals surface area contributed by atoms with E-state index in [-0.39, 0.29) is 18.0 Å².